The molecule has 0 amide bonds. The van der Waals surface area contributed by atoms with E-state index < -0.39 is 0 Å². The van der Waals surface area contributed by atoms with Crippen molar-refractivity contribution in [1.82, 2.24) is 0 Å². The molecule has 2 aliphatic heterocycles. The van der Waals surface area contributed by atoms with Crippen LogP contribution in [-0.4, -0.2) is 19.1 Å². The van der Waals surface area contributed by atoms with Crippen LogP contribution in [0.1, 0.15) is 65.5 Å². The van der Waals surface area contributed by atoms with Gasteiger partial charge >= 0.3 is 0 Å². The second-order valence-electron chi connectivity index (χ2n) is 14.6. The summed E-state index contributed by atoms with van der Waals surface area (Å²) in [7, 11) is 0. The molecule has 0 fully saturated rings. The average molecular weight is 701 g/mol. The maximum atomic E-state index is 6.53. The van der Waals surface area contributed by atoms with Crippen LogP contribution in [0.25, 0.3) is 0 Å². The third-order valence-electron chi connectivity index (χ3n) is 11.0. The standard InChI is InChI=1S/C45H47Cl2N3/c1-7-48-39-25-23-33(46)29-37(39)44(3,4)41(48)27-21-31-19-20-32(43(31)50(35-15-11-9-12-16-35)36-17-13-10-14-18-36)22-28-42-45(5,6)38-30-34(47)24-26-40(38)49(42)8-2/h9-18,21-30,41H,7-8,19-20H2,1-6H3. The van der Waals surface area contributed by atoms with Crippen molar-refractivity contribution in [3.05, 3.63) is 165 Å². The normalized spacial score (nSPS) is 20.8. The second kappa shape index (κ2) is 13.5. The lowest BCUT2D eigenvalue weighted by Crippen LogP contribution is -2.39. The third-order valence-corrected chi connectivity index (χ3v) is 11.5. The van der Waals surface area contributed by atoms with Crippen LogP contribution < -0.4 is 14.7 Å². The number of anilines is 4. The van der Waals surface area contributed by atoms with E-state index in [1.807, 2.05) is 12.1 Å². The van der Waals surface area contributed by atoms with Crippen LogP contribution in [0, 0.1) is 0 Å². The fourth-order valence-corrected chi connectivity index (χ4v) is 8.79. The molecular weight excluding hydrogens is 653 g/mol. The maximum absolute atomic E-state index is 6.53. The fraction of sp³-hybridized carbons (Fsp3) is 0.289. The highest BCUT2D eigenvalue weighted by molar-refractivity contribution is 6.31. The lowest BCUT2D eigenvalue weighted by atomic mass is 9.80. The van der Waals surface area contributed by atoms with Crippen LogP contribution in [-0.2, 0) is 10.8 Å². The highest BCUT2D eigenvalue weighted by atomic mass is 35.5. The molecule has 1 unspecified atom stereocenters. The predicted molar refractivity (Wildman–Crippen MR) is 215 cm³/mol. The van der Waals surface area contributed by atoms with Crippen molar-refractivity contribution < 1.29 is 0 Å². The van der Waals surface area contributed by atoms with E-state index in [4.69, 9.17) is 23.2 Å². The molecule has 7 rings (SSSR count). The molecule has 1 atom stereocenters. The number of fused-ring (bicyclic) bond motifs is 2. The van der Waals surface area contributed by atoms with Crippen LogP contribution >= 0.6 is 23.2 Å². The van der Waals surface area contributed by atoms with E-state index in [0.29, 0.717) is 0 Å². The molecule has 0 N–H and O–H groups in total. The van der Waals surface area contributed by atoms with Crippen LogP contribution in [0.3, 0.4) is 0 Å². The molecule has 0 aromatic heterocycles. The maximum Gasteiger partial charge on any atom is 0.0568 e. The molecule has 5 heteroatoms. The highest BCUT2D eigenvalue weighted by Crippen LogP contribution is 2.50. The molecule has 4 aromatic carbocycles. The Hall–Kier alpha value is -4.18. The summed E-state index contributed by atoms with van der Waals surface area (Å²) in [6.07, 6.45) is 11.5. The topological polar surface area (TPSA) is 9.72 Å². The van der Waals surface area contributed by atoms with E-state index in [2.05, 4.69) is 165 Å². The predicted octanol–water partition coefficient (Wildman–Crippen LogP) is 12.5. The average Bonchev–Trinajstić information content (AvgIpc) is 3.68. The van der Waals surface area contributed by atoms with Gasteiger partial charge in [-0.2, -0.15) is 0 Å². The van der Waals surface area contributed by atoms with Gasteiger partial charge in [-0.15, -0.1) is 0 Å². The molecule has 0 saturated heterocycles. The first-order valence-electron chi connectivity index (χ1n) is 17.9. The van der Waals surface area contributed by atoms with Crippen molar-refractivity contribution in [2.24, 2.45) is 0 Å². The smallest absolute Gasteiger partial charge is 0.0568 e. The minimum absolute atomic E-state index is 0.0940. The molecule has 2 heterocycles. The third kappa shape index (κ3) is 5.89. The first-order chi connectivity index (χ1) is 24.1. The molecule has 0 spiro atoms. The SMILES string of the molecule is CCN1C(=CC=C2CCC(C=CC3N(CC)c4ccc(Cl)cc4C3(C)C)=C2N(c2ccccc2)c2ccccc2)C(C)(C)c2cc(Cl)ccc21. The van der Waals surface area contributed by atoms with Gasteiger partial charge in [-0.3, -0.25) is 0 Å². The zero-order valence-corrected chi connectivity index (χ0v) is 31.6. The van der Waals surface area contributed by atoms with Crippen LogP contribution in [0.4, 0.5) is 22.7 Å². The highest BCUT2D eigenvalue weighted by Gasteiger charge is 2.43. The van der Waals surface area contributed by atoms with E-state index in [1.165, 1.54) is 45.0 Å². The lowest BCUT2D eigenvalue weighted by molar-refractivity contribution is 0.478. The minimum Gasteiger partial charge on any atom is -0.364 e. The van der Waals surface area contributed by atoms with Crippen molar-refractivity contribution in [1.29, 1.82) is 0 Å². The summed E-state index contributed by atoms with van der Waals surface area (Å²) >= 11 is 13.1. The second-order valence-corrected chi connectivity index (χ2v) is 15.5. The summed E-state index contributed by atoms with van der Waals surface area (Å²) in [6.45, 7) is 15.6. The summed E-state index contributed by atoms with van der Waals surface area (Å²) in [5.41, 5.74) is 12.4. The van der Waals surface area contributed by atoms with Gasteiger partial charge in [-0.05, 0) is 116 Å². The molecular formula is C45H47Cl2N3. The fourth-order valence-electron chi connectivity index (χ4n) is 8.45. The van der Waals surface area contributed by atoms with Gasteiger partial charge < -0.3 is 14.7 Å². The quantitative estimate of drug-likeness (QED) is 0.181. The van der Waals surface area contributed by atoms with Gasteiger partial charge in [0.1, 0.15) is 0 Å². The number of para-hydroxylation sites is 2. The van der Waals surface area contributed by atoms with Gasteiger partial charge in [0.25, 0.3) is 0 Å². The van der Waals surface area contributed by atoms with Crippen molar-refractivity contribution in [3.63, 3.8) is 0 Å². The van der Waals surface area contributed by atoms with E-state index in [1.54, 1.807) is 0 Å². The van der Waals surface area contributed by atoms with Crippen LogP contribution in [0.5, 0.6) is 0 Å². The van der Waals surface area contributed by atoms with Gasteiger partial charge in [-0.1, -0.05) is 106 Å². The summed E-state index contributed by atoms with van der Waals surface area (Å²) in [6, 6.07) is 34.5. The molecule has 256 valence electrons. The minimum atomic E-state index is -0.174. The zero-order valence-electron chi connectivity index (χ0n) is 30.1. The molecule has 50 heavy (non-hydrogen) atoms. The molecule has 0 radical (unpaired) electrons. The number of halogens is 2. The molecule has 0 bridgehead atoms. The van der Waals surface area contributed by atoms with Crippen LogP contribution in [0.15, 0.2) is 144 Å². The van der Waals surface area contributed by atoms with Crippen LogP contribution in [0.2, 0.25) is 10.0 Å². The Bertz CT molecular complexity index is 1980. The summed E-state index contributed by atoms with van der Waals surface area (Å²) in [5.74, 6) is 0. The Kier molecular flexibility index (Phi) is 9.26. The Balaban J connectivity index is 1.37. The van der Waals surface area contributed by atoms with Gasteiger partial charge in [0.05, 0.1) is 11.7 Å². The number of hydrogen-bond donors (Lipinski definition) is 0. The Morgan fingerprint density at radius 3 is 1.92 bits per heavy atom. The molecule has 3 aliphatic rings. The van der Waals surface area contributed by atoms with Crippen molar-refractivity contribution in [2.75, 3.05) is 27.8 Å². The molecule has 0 saturated carbocycles. The summed E-state index contributed by atoms with van der Waals surface area (Å²) in [4.78, 5) is 7.42. The number of rotatable bonds is 8. The largest absolute Gasteiger partial charge is 0.364 e. The Morgan fingerprint density at radius 2 is 1.32 bits per heavy atom. The lowest BCUT2D eigenvalue weighted by Gasteiger charge is -2.32. The van der Waals surface area contributed by atoms with Crippen molar-refractivity contribution in [3.8, 4) is 0 Å². The molecule has 3 nitrogen and oxygen atoms in total. The molecule has 1 aliphatic carbocycles. The number of likely N-dealkylation sites (N-methyl/N-ethyl adjacent to an activating group) is 2. The van der Waals surface area contributed by atoms with Crippen molar-refractivity contribution in [2.45, 2.75) is 71.3 Å². The number of nitrogens with zero attached hydrogens (tertiary/aromatic N) is 3. The van der Waals surface area contributed by atoms with E-state index in [-0.39, 0.29) is 16.9 Å². The molecule has 4 aromatic rings. The van der Waals surface area contributed by atoms with E-state index in [9.17, 15) is 0 Å². The monoisotopic (exact) mass is 699 g/mol. The van der Waals surface area contributed by atoms with E-state index in [0.717, 1.165) is 47.4 Å². The van der Waals surface area contributed by atoms with Gasteiger partial charge in [0.15, 0.2) is 0 Å². The van der Waals surface area contributed by atoms with Gasteiger partial charge in [0, 0.05) is 62.4 Å². The van der Waals surface area contributed by atoms with E-state index >= 15 is 0 Å². The summed E-state index contributed by atoms with van der Waals surface area (Å²) < 4.78 is 0. The van der Waals surface area contributed by atoms with Gasteiger partial charge in [-0.25, -0.2) is 0 Å². The first kappa shape index (κ1) is 34.3. The first-order valence-corrected chi connectivity index (χ1v) is 18.7. The summed E-state index contributed by atoms with van der Waals surface area (Å²) in [5, 5.41) is 1.58. The Morgan fingerprint density at radius 1 is 0.720 bits per heavy atom. The number of hydrogen-bond acceptors (Lipinski definition) is 3. The number of benzene rings is 4. The Labute approximate surface area is 308 Å². The zero-order chi connectivity index (χ0) is 35.2. The van der Waals surface area contributed by atoms with Crippen molar-refractivity contribution >= 4 is 46.0 Å². The van der Waals surface area contributed by atoms with Gasteiger partial charge in [0.2, 0.25) is 0 Å². The number of allylic oxidation sites excluding steroid dienone is 6.